The minimum absolute atomic E-state index is 0.545. The molecule has 1 aliphatic rings. The molecule has 3 N–H and O–H groups in total. The van der Waals surface area contributed by atoms with E-state index in [1.165, 1.54) is 32.1 Å². The first-order chi connectivity index (χ1) is 6.92. The van der Waals surface area contributed by atoms with Crippen LogP contribution in [0.15, 0.2) is 12.4 Å². The van der Waals surface area contributed by atoms with Gasteiger partial charge >= 0.3 is 0 Å². The van der Waals surface area contributed by atoms with Crippen LogP contribution in [0.5, 0.6) is 0 Å². The van der Waals surface area contributed by atoms with Gasteiger partial charge in [0.2, 0.25) is 0 Å². The summed E-state index contributed by atoms with van der Waals surface area (Å²) in [5.74, 6) is 6.69. The molecule has 0 amide bonds. The standard InChI is InChI=1S/C10H16N4/c11-14-10-9(12-6-7-13-10)8-4-2-1-3-5-8/h6-8H,1-5,11H2,(H,13,14). The van der Waals surface area contributed by atoms with Crippen LogP contribution < -0.4 is 11.3 Å². The predicted octanol–water partition coefficient (Wildman–Crippen LogP) is 1.81. The zero-order chi connectivity index (χ0) is 9.80. The summed E-state index contributed by atoms with van der Waals surface area (Å²) in [6, 6.07) is 0. The summed E-state index contributed by atoms with van der Waals surface area (Å²) in [4.78, 5) is 8.54. The molecule has 14 heavy (non-hydrogen) atoms. The van der Waals surface area contributed by atoms with Gasteiger partial charge in [-0.05, 0) is 12.8 Å². The topological polar surface area (TPSA) is 63.8 Å². The van der Waals surface area contributed by atoms with E-state index in [-0.39, 0.29) is 0 Å². The van der Waals surface area contributed by atoms with Gasteiger partial charge in [0.25, 0.3) is 0 Å². The number of anilines is 1. The maximum absolute atomic E-state index is 5.40. The van der Waals surface area contributed by atoms with Crippen molar-refractivity contribution in [1.29, 1.82) is 0 Å². The maximum atomic E-state index is 5.40. The zero-order valence-corrected chi connectivity index (χ0v) is 8.24. The molecule has 1 fully saturated rings. The molecule has 1 heterocycles. The molecule has 4 nitrogen and oxygen atoms in total. The molecule has 76 valence electrons. The predicted molar refractivity (Wildman–Crippen MR) is 55.7 cm³/mol. The lowest BCUT2D eigenvalue weighted by Gasteiger charge is -2.22. The SMILES string of the molecule is NNc1nccnc1C1CCCCC1. The molecule has 1 aliphatic carbocycles. The van der Waals surface area contributed by atoms with Crippen LogP contribution in [0, 0.1) is 0 Å². The molecular weight excluding hydrogens is 176 g/mol. The Balaban J connectivity index is 2.20. The van der Waals surface area contributed by atoms with Crippen molar-refractivity contribution in [2.75, 3.05) is 5.43 Å². The summed E-state index contributed by atoms with van der Waals surface area (Å²) >= 11 is 0. The molecule has 0 aliphatic heterocycles. The molecular formula is C10H16N4. The van der Waals surface area contributed by atoms with E-state index >= 15 is 0 Å². The van der Waals surface area contributed by atoms with Gasteiger partial charge < -0.3 is 5.43 Å². The van der Waals surface area contributed by atoms with Crippen LogP contribution in [0.1, 0.15) is 43.7 Å². The molecule has 0 unspecified atom stereocenters. The van der Waals surface area contributed by atoms with Crippen molar-refractivity contribution in [2.24, 2.45) is 5.84 Å². The highest BCUT2D eigenvalue weighted by molar-refractivity contribution is 5.40. The molecule has 0 aromatic carbocycles. The first-order valence-corrected chi connectivity index (χ1v) is 5.19. The van der Waals surface area contributed by atoms with Gasteiger partial charge in [-0.3, -0.25) is 4.98 Å². The van der Waals surface area contributed by atoms with Crippen molar-refractivity contribution in [1.82, 2.24) is 9.97 Å². The molecule has 1 saturated carbocycles. The summed E-state index contributed by atoms with van der Waals surface area (Å²) in [5, 5.41) is 0. The van der Waals surface area contributed by atoms with Crippen LogP contribution in [0.25, 0.3) is 0 Å². The van der Waals surface area contributed by atoms with Crippen LogP contribution in [0.4, 0.5) is 5.82 Å². The highest BCUT2D eigenvalue weighted by Gasteiger charge is 2.19. The highest BCUT2D eigenvalue weighted by Crippen LogP contribution is 2.33. The minimum atomic E-state index is 0.545. The van der Waals surface area contributed by atoms with E-state index in [1.807, 2.05) is 0 Å². The summed E-state index contributed by atoms with van der Waals surface area (Å²) in [6.07, 6.45) is 9.78. The van der Waals surface area contributed by atoms with Gasteiger partial charge in [0.15, 0.2) is 5.82 Å². The van der Waals surface area contributed by atoms with Gasteiger partial charge in [-0.25, -0.2) is 10.8 Å². The average Bonchev–Trinajstić information content (AvgIpc) is 2.30. The number of hydrogen-bond donors (Lipinski definition) is 2. The van der Waals surface area contributed by atoms with Crippen molar-refractivity contribution in [3.63, 3.8) is 0 Å². The van der Waals surface area contributed by atoms with Crippen LogP contribution >= 0.6 is 0 Å². The molecule has 0 saturated heterocycles. The van der Waals surface area contributed by atoms with E-state index in [2.05, 4.69) is 15.4 Å². The van der Waals surface area contributed by atoms with Crippen LogP contribution in [-0.2, 0) is 0 Å². The van der Waals surface area contributed by atoms with Gasteiger partial charge in [-0.15, -0.1) is 0 Å². The van der Waals surface area contributed by atoms with E-state index in [9.17, 15) is 0 Å². The number of rotatable bonds is 2. The Morgan fingerprint density at radius 1 is 1.14 bits per heavy atom. The molecule has 0 bridgehead atoms. The van der Waals surface area contributed by atoms with E-state index in [1.54, 1.807) is 12.4 Å². The molecule has 0 spiro atoms. The third kappa shape index (κ3) is 1.85. The Hall–Kier alpha value is -1.16. The van der Waals surface area contributed by atoms with Gasteiger partial charge in [0.05, 0.1) is 5.69 Å². The van der Waals surface area contributed by atoms with E-state index in [0.29, 0.717) is 5.92 Å². The normalized spacial score (nSPS) is 18.1. The Morgan fingerprint density at radius 3 is 2.57 bits per heavy atom. The van der Waals surface area contributed by atoms with Gasteiger partial charge in [-0.1, -0.05) is 19.3 Å². The second-order valence-electron chi connectivity index (χ2n) is 3.77. The largest absolute Gasteiger partial charge is 0.307 e. The lowest BCUT2D eigenvalue weighted by atomic mass is 9.87. The zero-order valence-electron chi connectivity index (χ0n) is 8.24. The third-order valence-corrected chi connectivity index (χ3v) is 2.86. The molecule has 0 radical (unpaired) electrons. The summed E-state index contributed by atoms with van der Waals surface area (Å²) in [7, 11) is 0. The van der Waals surface area contributed by atoms with Gasteiger partial charge in [0.1, 0.15) is 0 Å². The first kappa shape index (κ1) is 9.40. The Bertz CT molecular complexity index is 294. The van der Waals surface area contributed by atoms with Crippen molar-refractivity contribution < 1.29 is 0 Å². The monoisotopic (exact) mass is 192 g/mol. The van der Waals surface area contributed by atoms with Crippen LogP contribution in [0.2, 0.25) is 0 Å². The summed E-state index contributed by atoms with van der Waals surface area (Å²) in [5.41, 5.74) is 3.66. The summed E-state index contributed by atoms with van der Waals surface area (Å²) < 4.78 is 0. The van der Waals surface area contributed by atoms with Crippen molar-refractivity contribution in [2.45, 2.75) is 38.0 Å². The number of nitrogens with one attached hydrogen (secondary N) is 1. The third-order valence-electron chi connectivity index (χ3n) is 2.86. The average molecular weight is 192 g/mol. The van der Waals surface area contributed by atoms with Crippen molar-refractivity contribution >= 4 is 5.82 Å². The van der Waals surface area contributed by atoms with Crippen molar-refractivity contribution in [3.8, 4) is 0 Å². The molecule has 4 heteroatoms. The van der Waals surface area contributed by atoms with E-state index < -0.39 is 0 Å². The van der Waals surface area contributed by atoms with Crippen molar-refractivity contribution in [3.05, 3.63) is 18.1 Å². The van der Waals surface area contributed by atoms with E-state index in [4.69, 9.17) is 5.84 Å². The van der Waals surface area contributed by atoms with E-state index in [0.717, 1.165) is 11.5 Å². The second kappa shape index (κ2) is 4.37. The minimum Gasteiger partial charge on any atom is -0.307 e. The fraction of sp³-hybridized carbons (Fsp3) is 0.600. The lowest BCUT2D eigenvalue weighted by Crippen LogP contribution is -2.15. The smallest absolute Gasteiger partial charge is 0.162 e. The Morgan fingerprint density at radius 2 is 1.86 bits per heavy atom. The summed E-state index contributed by atoms with van der Waals surface area (Å²) in [6.45, 7) is 0. The highest BCUT2D eigenvalue weighted by atomic mass is 15.3. The molecule has 1 aromatic rings. The quantitative estimate of drug-likeness (QED) is 0.554. The lowest BCUT2D eigenvalue weighted by molar-refractivity contribution is 0.436. The number of nitrogen functional groups attached to an aromatic ring is 1. The fourth-order valence-electron chi connectivity index (χ4n) is 2.13. The molecule has 1 aromatic heterocycles. The molecule has 0 atom stereocenters. The Labute approximate surface area is 83.9 Å². The number of hydrogen-bond acceptors (Lipinski definition) is 4. The Kier molecular flexibility index (Phi) is 2.93. The fourth-order valence-corrected chi connectivity index (χ4v) is 2.13. The number of nitrogens with zero attached hydrogens (tertiary/aromatic N) is 2. The van der Waals surface area contributed by atoms with Gasteiger partial charge in [-0.2, -0.15) is 0 Å². The number of nitrogens with two attached hydrogens (primary N) is 1. The molecule has 2 rings (SSSR count). The van der Waals surface area contributed by atoms with Gasteiger partial charge in [0, 0.05) is 18.3 Å². The maximum Gasteiger partial charge on any atom is 0.162 e. The second-order valence-corrected chi connectivity index (χ2v) is 3.77. The van der Waals surface area contributed by atoms with Crippen LogP contribution in [-0.4, -0.2) is 9.97 Å². The first-order valence-electron chi connectivity index (χ1n) is 5.19. The number of aromatic nitrogens is 2. The van der Waals surface area contributed by atoms with Crippen LogP contribution in [0.3, 0.4) is 0 Å². The number of hydrazine groups is 1.